The van der Waals surface area contributed by atoms with Crippen LogP contribution in [0.1, 0.15) is 50.7 Å². The molecule has 0 aliphatic rings. The number of ether oxygens (including phenoxy) is 1. The minimum absolute atomic E-state index is 0.0764. The van der Waals surface area contributed by atoms with Crippen LogP contribution in [-0.4, -0.2) is 42.0 Å². The Hall–Kier alpha value is -2.27. The molecule has 2 aromatic carbocycles. The Morgan fingerprint density at radius 1 is 0.882 bits per heavy atom. The van der Waals surface area contributed by atoms with Gasteiger partial charge in [-0.3, -0.25) is 4.79 Å². The van der Waals surface area contributed by atoms with Crippen LogP contribution in [0.15, 0.2) is 58.3 Å². The molecule has 1 atom stereocenters. The van der Waals surface area contributed by atoms with Crippen LogP contribution in [0.5, 0.6) is 0 Å². The summed E-state index contributed by atoms with van der Waals surface area (Å²) in [4.78, 5) is 12.6. The molecule has 2 aromatic rings. The third-order valence-corrected chi connectivity index (χ3v) is 8.15. The first-order valence-corrected chi connectivity index (χ1v) is 14.4. The van der Waals surface area contributed by atoms with Crippen molar-refractivity contribution in [1.29, 1.82) is 0 Å². The van der Waals surface area contributed by atoms with Gasteiger partial charge in [-0.2, -0.15) is 4.72 Å². The number of hydrogen-bond acceptors (Lipinski definition) is 6. The first-order chi connectivity index (χ1) is 16.1. The molecule has 0 fully saturated rings. The van der Waals surface area contributed by atoms with Crippen LogP contribution in [-0.2, 0) is 36.0 Å². The highest BCUT2D eigenvalue weighted by molar-refractivity contribution is 7.89. The molecule has 0 radical (unpaired) electrons. The van der Waals surface area contributed by atoms with Gasteiger partial charge in [-0.05, 0) is 69.4 Å². The zero-order chi connectivity index (χ0) is 25.2. The van der Waals surface area contributed by atoms with Crippen molar-refractivity contribution >= 4 is 26.0 Å². The molecule has 8 nitrogen and oxygen atoms in total. The first-order valence-electron chi connectivity index (χ1n) is 11.4. The summed E-state index contributed by atoms with van der Waals surface area (Å²) in [6.07, 6.45) is 2.83. The monoisotopic (exact) mass is 510 g/mol. The van der Waals surface area contributed by atoms with Crippen molar-refractivity contribution in [2.45, 2.75) is 68.7 Å². The molecule has 0 bridgehead atoms. The minimum Gasteiger partial charge on any atom is -0.465 e. The molecule has 10 heteroatoms. The van der Waals surface area contributed by atoms with Crippen molar-refractivity contribution in [3.63, 3.8) is 0 Å². The second-order valence-electron chi connectivity index (χ2n) is 8.03. The van der Waals surface area contributed by atoms with Crippen LogP contribution >= 0.6 is 0 Å². The SMILES string of the molecule is CCCc1ccc(S(=O)(=O)NC(CCCCNS(=O)(=O)c2ccc(C)cc2)C(=O)OCC)cc1. The number of unbranched alkanes of at least 4 members (excludes halogenated alkanes) is 1. The highest BCUT2D eigenvalue weighted by Gasteiger charge is 2.26. The maximum absolute atomic E-state index is 12.8. The Morgan fingerprint density at radius 3 is 2.06 bits per heavy atom. The Balaban J connectivity index is 1.95. The molecule has 0 saturated heterocycles. The number of rotatable bonds is 14. The molecule has 0 aliphatic carbocycles. The summed E-state index contributed by atoms with van der Waals surface area (Å²) in [6.45, 7) is 5.86. The fourth-order valence-corrected chi connectivity index (χ4v) is 5.62. The Morgan fingerprint density at radius 2 is 1.47 bits per heavy atom. The van der Waals surface area contributed by atoms with Gasteiger partial charge < -0.3 is 4.74 Å². The normalized spacial score (nSPS) is 12.9. The van der Waals surface area contributed by atoms with Gasteiger partial charge >= 0.3 is 5.97 Å². The van der Waals surface area contributed by atoms with E-state index < -0.39 is 32.1 Å². The van der Waals surface area contributed by atoms with Gasteiger partial charge in [-0.15, -0.1) is 0 Å². The van der Waals surface area contributed by atoms with E-state index in [2.05, 4.69) is 9.44 Å². The zero-order valence-electron chi connectivity index (χ0n) is 19.9. The van der Waals surface area contributed by atoms with Crippen LogP contribution in [0.25, 0.3) is 0 Å². The van der Waals surface area contributed by atoms with Gasteiger partial charge in [0.2, 0.25) is 20.0 Å². The van der Waals surface area contributed by atoms with E-state index in [1.807, 2.05) is 13.8 Å². The minimum atomic E-state index is -3.92. The van der Waals surface area contributed by atoms with E-state index in [0.29, 0.717) is 12.8 Å². The molecular formula is C24H34N2O6S2. The van der Waals surface area contributed by atoms with E-state index in [1.54, 1.807) is 31.2 Å². The smallest absolute Gasteiger partial charge is 0.324 e. The number of benzene rings is 2. The van der Waals surface area contributed by atoms with Crippen molar-refractivity contribution in [2.75, 3.05) is 13.2 Å². The Kier molecular flexibility index (Phi) is 10.7. The van der Waals surface area contributed by atoms with Crippen LogP contribution < -0.4 is 9.44 Å². The topological polar surface area (TPSA) is 119 Å². The summed E-state index contributed by atoms with van der Waals surface area (Å²) < 4.78 is 60.4. The zero-order valence-corrected chi connectivity index (χ0v) is 21.5. The van der Waals surface area contributed by atoms with Crippen molar-refractivity contribution in [3.8, 4) is 0 Å². The fraction of sp³-hybridized carbons (Fsp3) is 0.458. The molecule has 0 spiro atoms. The quantitative estimate of drug-likeness (QED) is 0.297. The first kappa shape index (κ1) is 28.0. The summed E-state index contributed by atoms with van der Waals surface area (Å²) in [6, 6.07) is 12.0. The molecule has 0 aliphatic heterocycles. The van der Waals surface area contributed by atoms with Crippen molar-refractivity contribution in [3.05, 3.63) is 59.7 Å². The van der Waals surface area contributed by atoms with E-state index >= 15 is 0 Å². The molecule has 0 aromatic heterocycles. The molecular weight excluding hydrogens is 476 g/mol. The van der Waals surface area contributed by atoms with Crippen molar-refractivity contribution in [2.24, 2.45) is 0 Å². The number of nitrogens with one attached hydrogen (secondary N) is 2. The highest BCUT2D eigenvalue weighted by Crippen LogP contribution is 2.15. The fourth-order valence-electron chi connectivity index (χ4n) is 3.33. The molecule has 1 unspecified atom stereocenters. The van der Waals surface area contributed by atoms with Gasteiger partial charge in [0.15, 0.2) is 0 Å². The second-order valence-corrected chi connectivity index (χ2v) is 11.5. The van der Waals surface area contributed by atoms with Crippen LogP contribution in [0.4, 0.5) is 0 Å². The number of sulfonamides is 2. The van der Waals surface area contributed by atoms with Gasteiger partial charge in [-0.1, -0.05) is 43.2 Å². The molecule has 188 valence electrons. The van der Waals surface area contributed by atoms with Gasteiger partial charge in [0.1, 0.15) is 6.04 Å². The molecule has 2 rings (SSSR count). The average molecular weight is 511 g/mol. The molecule has 0 amide bonds. The average Bonchev–Trinajstić information content (AvgIpc) is 2.79. The molecule has 2 N–H and O–H groups in total. The van der Waals surface area contributed by atoms with E-state index in [9.17, 15) is 21.6 Å². The van der Waals surface area contributed by atoms with Gasteiger partial charge in [0.05, 0.1) is 16.4 Å². The lowest BCUT2D eigenvalue weighted by Crippen LogP contribution is -2.41. The van der Waals surface area contributed by atoms with Gasteiger partial charge in [-0.25, -0.2) is 21.6 Å². The van der Waals surface area contributed by atoms with Crippen LogP contribution in [0, 0.1) is 6.92 Å². The van der Waals surface area contributed by atoms with E-state index in [1.165, 1.54) is 24.3 Å². The molecule has 0 heterocycles. The lowest BCUT2D eigenvalue weighted by atomic mass is 10.1. The highest BCUT2D eigenvalue weighted by atomic mass is 32.2. The van der Waals surface area contributed by atoms with E-state index in [0.717, 1.165) is 24.0 Å². The maximum atomic E-state index is 12.8. The van der Waals surface area contributed by atoms with Crippen molar-refractivity contribution < 1.29 is 26.4 Å². The summed E-state index contributed by atoms with van der Waals surface area (Å²) >= 11 is 0. The van der Waals surface area contributed by atoms with Gasteiger partial charge in [0.25, 0.3) is 0 Å². The second kappa shape index (κ2) is 13.0. The molecule has 34 heavy (non-hydrogen) atoms. The number of hydrogen-bond donors (Lipinski definition) is 2. The van der Waals surface area contributed by atoms with Crippen LogP contribution in [0.2, 0.25) is 0 Å². The summed E-state index contributed by atoms with van der Waals surface area (Å²) in [5, 5.41) is 0. The third kappa shape index (κ3) is 8.50. The molecule has 0 saturated carbocycles. The summed E-state index contributed by atoms with van der Waals surface area (Å²) in [7, 11) is -7.55. The van der Waals surface area contributed by atoms with Crippen LogP contribution in [0.3, 0.4) is 0 Å². The Bertz CT molecular complexity index is 1130. The predicted molar refractivity (Wildman–Crippen MR) is 131 cm³/mol. The Labute approximate surface area is 203 Å². The van der Waals surface area contributed by atoms with Gasteiger partial charge in [0, 0.05) is 6.54 Å². The summed E-state index contributed by atoms with van der Waals surface area (Å²) in [5.41, 5.74) is 2.00. The lowest BCUT2D eigenvalue weighted by molar-refractivity contribution is -0.145. The number of carbonyl (C=O) groups is 1. The lowest BCUT2D eigenvalue weighted by Gasteiger charge is -2.17. The summed E-state index contributed by atoms with van der Waals surface area (Å²) in [5.74, 6) is -0.658. The predicted octanol–water partition coefficient (Wildman–Crippen LogP) is 3.31. The van der Waals surface area contributed by atoms with E-state index in [4.69, 9.17) is 4.74 Å². The third-order valence-electron chi connectivity index (χ3n) is 5.18. The standard InChI is InChI=1S/C24H34N2O6S2/c1-4-8-20-12-16-22(17-13-20)34(30,31)26-23(24(27)32-5-2)9-6-7-18-25-33(28,29)21-14-10-19(3)11-15-21/h10-17,23,25-26H,4-9,18H2,1-3H3. The van der Waals surface area contributed by atoms with E-state index in [-0.39, 0.29) is 29.4 Å². The maximum Gasteiger partial charge on any atom is 0.324 e. The van der Waals surface area contributed by atoms with Crippen molar-refractivity contribution in [1.82, 2.24) is 9.44 Å². The number of aryl methyl sites for hydroxylation is 2. The number of esters is 1. The largest absolute Gasteiger partial charge is 0.465 e. The number of carbonyl (C=O) groups excluding carboxylic acids is 1.